The second kappa shape index (κ2) is 41.4. The number of unbranched alkanes of at least 4 members (excludes halogenated alkanes) is 11. The number of esters is 1. The zero-order chi connectivity index (χ0) is 73.1. The fraction of sp³-hybridized carbons (Fsp3) is 0.636. The van der Waals surface area contributed by atoms with Crippen LogP contribution in [0, 0.1) is 52.3 Å². The summed E-state index contributed by atoms with van der Waals surface area (Å²) in [5.41, 5.74) is 15.5. The summed E-state index contributed by atoms with van der Waals surface area (Å²) in [5, 5.41) is 30.2. The van der Waals surface area contributed by atoms with Gasteiger partial charge in [-0.2, -0.15) is 0 Å². The lowest BCUT2D eigenvalue weighted by Crippen LogP contribution is -2.62. The smallest absolute Gasteiger partial charge is 0.328 e. The van der Waals surface area contributed by atoms with Gasteiger partial charge in [0.05, 0.1) is 70.1 Å². The van der Waals surface area contributed by atoms with Crippen molar-refractivity contribution in [3.05, 3.63) is 190 Å². The molecule has 0 spiro atoms. The van der Waals surface area contributed by atoms with Gasteiger partial charge in [0.15, 0.2) is 6.29 Å². The molecule has 1 saturated heterocycles. The van der Waals surface area contributed by atoms with E-state index in [9.17, 15) is 25.3 Å². The lowest BCUT2D eigenvalue weighted by molar-refractivity contribution is -0.328. The van der Waals surface area contributed by atoms with Crippen LogP contribution >= 0.6 is 0 Å². The van der Waals surface area contributed by atoms with Crippen molar-refractivity contribution >= 4 is 11.9 Å². The Morgan fingerprint density at radius 2 is 1.09 bits per heavy atom. The Bertz CT molecular complexity index is 3320. The van der Waals surface area contributed by atoms with E-state index in [1.807, 2.05) is 166 Å². The second-order valence-corrected chi connectivity index (χ2v) is 32.1. The molecule has 1 amide bonds. The minimum absolute atomic E-state index is 0.0606. The van der Waals surface area contributed by atoms with Crippen LogP contribution in [0.3, 0.4) is 0 Å². The summed E-state index contributed by atoms with van der Waals surface area (Å²) in [5.74, 6) is 1.02. The summed E-state index contributed by atoms with van der Waals surface area (Å²) in [6, 6.07) is 47.7. The molecule has 5 fully saturated rings. The van der Waals surface area contributed by atoms with E-state index in [4.69, 9.17) is 37.9 Å². The van der Waals surface area contributed by atoms with Gasteiger partial charge >= 0.3 is 5.97 Å². The summed E-state index contributed by atoms with van der Waals surface area (Å²) in [4.78, 5) is 32.7. The maximum Gasteiger partial charge on any atom is 0.328 e. The van der Waals surface area contributed by atoms with Gasteiger partial charge in [0.2, 0.25) is 5.91 Å². The van der Waals surface area contributed by atoms with Crippen molar-refractivity contribution in [2.24, 2.45) is 57.4 Å². The van der Waals surface area contributed by atoms with E-state index < -0.39 is 61.0 Å². The van der Waals surface area contributed by atoms with Crippen molar-refractivity contribution in [1.82, 2.24) is 5.32 Å². The summed E-state index contributed by atoms with van der Waals surface area (Å²) < 4.78 is 55.8. The predicted molar refractivity (Wildman–Crippen MR) is 407 cm³/mol. The number of amides is 1. The molecular weight excluding hydrogens is 1300 g/mol. The lowest BCUT2D eigenvalue weighted by Gasteiger charge is -2.62. The quantitative estimate of drug-likeness (QED) is 0.0109. The Labute approximate surface area is 621 Å². The topological polar surface area (TPSA) is 209 Å². The fourth-order valence-corrected chi connectivity index (χ4v) is 18.7. The highest BCUT2D eigenvalue weighted by Crippen LogP contribution is 2.68. The van der Waals surface area contributed by atoms with E-state index in [0.717, 1.165) is 98.4 Å². The van der Waals surface area contributed by atoms with Crippen molar-refractivity contribution in [3.63, 3.8) is 0 Å². The number of fused-ring (bicyclic) bond motifs is 5. The van der Waals surface area contributed by atoms with Crippen molar-refractivity contribution in [2.45, 2.75) is 289 Å². The summed E-state index contributed by atoms with van der Waals surface area (Å²) in [6.45, 7) is 13.8. The first-order valence-electron chi connectivity index (χ1n) is 40.1. The van der Waals surface area contributed by atoms with Gasteiger partial charge in [-0.3, -0.25) is 4.79 Å². The molecule has 16 nitrogen and oxygen atoms in total. The van der Waals surface area contributed by atoms with Gasteiger partial charge in [0.1, 0.15) is 37.1 Å². The van der Waals surface area contributed by atoms with Gasteiger partial charge in [-0.05, 0) is 150 Å². The molecule has 5 aromatic rings. The van der Waals surface area contributed by atoms with Crippen LogP contribution < -0.4 is 5.32 Å². The van der Waals surface area contributed by atoms with Crippen LogP contribution in [0.15, 0.2) is 157 Å². The molecule has 104 heavy (non-hydrogen) atoms. The molecule has 1 aliphatic heterocycles. The Kier molecular flexibility index (Phi) is 32.0. The number of ether oxygens (including phenoxy) is 8. The number of carbonyl (C=O) groups is 2. The van der Waals surface area contributed by atoms with Crippen molar-refractivity contribution in [2.75, 3.05) is 13.2 Å². The first kappa shape index (κ1) is 80.5. The minimum atomic E-state index is -1.23. The zero-order valence-corrected chi connectivity index (χ0v) is 63.4. The second-order valence-electron chi connectivity index (χ2n) is 32.1. The van der Waals surface area contributed by atoms with Crippen molar-refractivity contribution < 1.29 is 57.7 Å². The molecule has 568 valence electrons. The Morgan fingerprint density at radius 1 is 0.587 bits per heavy atom. The molecule has 16 heteroatoms. The van der Waals surface area contributed by atoms with E-state index in [2.05, 4.69) is 43.0 Å². The van der Waals surface area contributed by atoms with Gasteiger partial charge in [-0.15, -0.1) is 0 Å². The fourth-order valence-electron chi connectivity index (χ4n) is 18.7. The molecule has 1 heterocycles. The molecule has 19 atom stereocenters. The minimum Gasteiger partial charge on any atom is -0.461 e. The summed E-state index contributed by atoms with van der Waals surface area (Å²) >= 11 is 0. The van der Waals surface area contributed by atoms with Crippen LogP contribution in [0.25, 0.3) is 10.4 Å². The third kappa shape index (κ3) is 22.5. The van der Waals surface area contributed by atoms with Gasteiger partial charge in [-0.1, -0.05) is 275 Å². The lowest BCUT2D eigenvalue weighted by atomic mass is 9.43. The number of aliphatic hydroxyl groups is 2. The highest BCUT2D eigenvalue weighted by molar-refractivity contribution is 5.84. The molecule has 4 saturated carbocycles. The molecule has 0 aromatic heterocycles. The van der Waals surface area contributed by atoms with Gasteiger partial charge in [0.25, 0.3) is 0 Å². The normalized spacial score (nSPS) is 28.0. The SMILES string of the molecule is CCCCCCCCCCCCCC[C@@H](OCc1ccccc1)[C@@H](OCc1ccccc1)[C@H](CO[C@H]1O[C@H](COC(=O)[C@@H](NC(=O)CC[C@@H](C)C2CCC3C4C(CC[C@@]32C)[C@@]2(C)CC[C@@H](O)CC2C[C@H]4O)C(C)C)[C@H](OCc2ccccc2)[C@H](OCc2ccccc2)[C@H]1OCc1ccccc1)N=[N+]=[N-]. The van der Waals surface area contributed by atoms with Gasteiger partial charge < -0.3 is 53.4 Å². The van der Waals surface area contributed by atoms with E-state index >= 15 is 0 Å². The third-order valence-electron chi connectivity index (χ3n) is 24.6. The largest absolute Gasteiger partial charge is 0.461 e. The van der Waals surface area contributed by atoms with E-state index in [1.54, 1.807) is 0 Å². The molecule has 5 aromatic carbocycles. The molecular formula is C88H124N4O12. The highest BCUT2D eigenvalue weighted by Gasteiger charge is 2.63. The van der Waals surface area contributed by atoms with Gasteiger partial charge in [-0.25, -0.2) is 4.79 Å². The Hall–Kier alpha value is -6.01. The van der Waals surface area contributed by atoms with Crippen LogP contribution in [0.2, 0.25) is 0 Å². The highest BCUT2D eigenvalue weighted by atomic mass is 16.7. The Balaban J connectivity index is 0.883. The number of rotatable bonds is 43. The monoisotopic (exact) mass is 1430 g/mol. The Morgan fingerprint density at radius 3 is 1.63 bits per heavy atom. The molecule has 5 unspecified atom stereocenters. The first-order valence-corrected chi connectivity index (χ1v) is 40.1. The maximum atomic E-state index is 14.9. The average Bonchev–Trinajstić information content (AvgIpc) is 1.38. The molecule has 10 rings (SSSR count). The first-order chi connectivity index (χ1) is 50.6. The number of hydrogen-bond acceptors (Lipinski definition) is 13. The van der Waals surface area contributed by atoms with Crippen LogP contribution in [0.4, 0.5) is 0 Å². The number of nitrogens with one attached hydrogen (secondary N) is 1. The van der Waals surface area contributed by atoms with Gasteiger partial charge in [0, 0.05) is 11.3 Å². The van der Waals surface area contributed by atoms with Crippen molar-refractivity contribution in [1.29, 1.82) is 0 Å². The standard InChI is InChI=1S/C88H124N4O12/c1-7-8-9-10-11-12-13-14-15-16-17-33-44-76(97-55-64-34-23-18-24-35-64)81(98-56-65-36-25-19-26-37-65)74(91-92-89)60-103-86-84(101-59-68-42-31-22-32-43-68)83(100-58-67-40-29-21-30-41-67)82(99-57-66-38-27-20-28-39-66)77(104-86)61-102-85(96)80(62(2)3)90-78(95)48-45-63(4)71-46-47-72-79-73(50-52-88(71,72)6)87(5)51-49-70(93)53-69(87)54-75(79)94/h18-32,34-43,62-63,69-77,79-84,86,93-94H,7-17,33,44-61H2,1-6H3,(H,90,95)/t63-,69?,70-,71?,72?,73?,74+,75-,76-,77-,79?,80+,81+,82+,83+,84-,86+,87+,88-/m1/s1. The van der Waals surface area contributed by atoms with Crippen LogP contribution in [0.5, 0.6) is 0 Å². The number of aliphatic hydroxyl groups excluding tert-OH is 2. The molecule has 0 radical (unpaired) electrons. The number of hydrogen-bond donors (Lipinski definition) is 3. The maximum absolute atomic E-state index is 14.9. The van der Waals surface area contributed by atoms with Crippen LogP contribution in [0.1, 0.15) is 217 Å². The molecule has 3 N–H and O–H groups in total. The van der Waals surface area contributed by atoms with Crippen LogP contribution in [-0.4, -0.2) is 103 Å². The predicted octanol–water partition coefficient (Wildman–Crippen LogP) is 18.5. The van der Waals surface area contributed by atoms with Crippen molar-refractivity contribution in [3.8, 4) is 0 Å². The zero-order valence-electron chi connectivity index (χ0n) is 63.4. The molecule has 4 aliphatic carbocycles. The number of azide groups is 1. The van der Waals surface area contributed by atoms with E-state index in [1.165, 1.54) is 57.8 Å². The summed E-state index contributed by atoms with van der Waals surface area (Å²) in [6.07, 6.45) is 16.9. The summed E-state index contributed by atoms with van der Waals surface area (Å²) in [7, 11) is 0. The van der Waals surface area contributed by atoms with Crippen LogP contribution in [-0.2, 0) is 80.5 Å². The number of carbonyl (C=O) groups excluding carboxylic acids is 2. The average molecular weight is 1430 g/mol. The molecule has 0 bridgehead atoms. The molecule has 5 aliphatic rings. The number of benzene rings is 5. The van der Waals surface area contributed by atoms with E-state index in [0.29, 0.717) is 43.1 Å². The van der Waals surface area contributed by atoms with E-state index in [-0.39, 0.29) is 92.8 Å². The third-order valence-corrected chi connectivity index (χ3v) is 24.6. The number of nitrogens with zero attached hydrogens (tertiary/aromatic N) is 3.